The Morgan fingerprint density at radius 3 is 2.50 bits per heavy atom. The molecule has 0 unspecified atom stereocenters. The number of hydrogen-bond acceptors (Lipinski definition) is 5. The van der Waals surface area contributed by atoms with Gasteiger partial charge in [-0.25, -0.2) is 5.43 Å². The molecular weight excluding hydrogens is 472 g/mol. The number of carbonyl (C=O) groups excluding carboxylic acids is 1. The molecule has 0 aliphatic heterocycles. The molecule has 0 radical (unpaired) electrons. The summed E-state index contributed by atoms with van der Waals surface area (Å²) in [6.45, 7) is 4.40. The summed E-state index contributed by atoms with van der Waals surface area (Å²) < 4.78 is 17.5. The maximum atomic E-state index is 12.5. The van der Waals surface area contributed by atoms with E-state index in [1.54, 1.807) is 25.3 Å². The quantitative estimate of drug-likeness (QED) is 0.333. The molecule has 0 aliphatic rings. The highest BCUT2D eigenvalue weighted by molar-refractivity contribution is 9.10. The Morgan fingerprint density at radius 2 is 1.78 bits per heavy atom. The van der Waals surface area contributed by atoms with Gasteiger partial charge in [0.05, 0.1) is 30.5 Å². The van der Waals surface area contributed by atoms with Crippen LogP contribution in [0.25, 0.3) is 0 Å². The molecule has 0 fully saturated rings. The van der Waals surface area contributed by atoms with E-state index in [0.29, 0.717) is 29.4 Å². The third kappa shape index (κ3) is 5.68. The van der Waals surface area contributed by atoms with Gasteiger partial charge in [-0.1, -0.05) is 30.3 Å². The van der Waals surface area contributed by atoms with E-state index in [-0.39, 0.29) is 5.91 Å². The van der Waals surface area contributed by atoms with E-state index in [1.807, 2.05) is 50.2 Å². The molecule has 3 rings (SSSR count). The summed E-state index contributed by atoms with van der Waals surface area (Å²) in [5.74, 6) is 1.29. The van der Waals surface area contributed by atoms with Crippen LogP contribution in [0.2, 0.25) is 0 Å². The molecule has 0 atom stereocenters. The van der Waals surface area contributed by atoms with Gasteiger partial charge in [0.25, 0.3) is 5.91 Å². The predicted molar refractivity (Wildman–Crippen MR) is 129 cm³/mol. The summed E-state index contributed by atoms with van der Waals surface area (Å²) in [4.78, 5) is 12.5. The first-order valence-corrected chi connectivity index (χ1v) is 10.7. The van der Waals surface area contributed by atoms with Gasteiger partial charge in [-0.2, -0.15) is 5.10 Å². The Kier molecular flexibility index (Phi) is 7.89. The van der Waals surface area contributed by atoms with Gasteiger partial charge in [0.1, 0.15) is 12.4 Å². The van der Waals surface area contributed by atoms with E-state index in [0.717, 1.165) is 26.7 Å². The molecule has 166 valence electrons. The topological polar surface area (TPSA) is 69.2 Å². The van der Waals surface area contributed by atoms with Crippen molar-refractivity contribution < 1.29 is 19.0 Å². The van der Waals surface area contributed by atoms with Crippen molar-refractivity contribution in [1.82, 2.24) is 5.43 Å². The number of halogens is 1. The minimum absolute atomic E-state index is 0.359. The first-order valence-electron chi connectivity index (χ1n) is 9.95. The summed E-state index contributed by atoms with van der Waals surface area (Å²) in [5, 5.41) is 4.07. The van der Waals surface area contributed by atoms with Crippen molar-refractivity contribution in [3.63, 3.8) is 0 Å². The summed E-state index contributed by atoms with van der Waals surface area (Å²) >= 11 is 3.54. The Balaban J connectivity index is 1.72. The number of ether oxygens (including phenoxy) is 3. The Labute approximate surface area is 196 Å². The third-order valence-corrected chi connectivity index (χ3v) is 5.46. The molecule has 3 aromatic carbocycles. The summed E-state index contributed by atoms with van der Waals surface area (Å²) in [6, 6.07) is 17.1. The second-order valence-electron chi connectivity index (χ2n) is 7.15. The molecule has 0 aromatic heterocycles. The first-order chi connectivity index (χ1) is 15.4. The van der Waals surface area contributed by atoms with Crippen LogP contribution in [0.15, 0.2) is 64.2 Å². The van der Waals surface area contributed by atoms with Crippen LogP contribution >= 0.6 is 15.9 Å². The number of methoxy groups -OCH3 is 2. The number of nitrogens with zero attached hydrogens (tertiary/aromatic N) is 1. The molecule has 0 aliphatic carbocycles. The lowest BCUT2D eigenvalue weighted by molar-refractivity contribution is 0.0952. The lowest BCUT2D eigenvalue weighted by Gasteiger charge is -2.14. The van der Waals surface area contributed by atoms with Crippen molar-refractivity contribution in [2.24, 2.45) is 5.10 Å². The number of carbonyl (C=O) groups is 1. The van der Waals surface area contributed by atoms with Crippen LogP contribution in [0.4, 0.5) is 0 Å². The Hall–Kier alpha value is -3.32. The number of rotatable bonds is 8. The normalized spacial score (nSPS) is 10.8. The fraction of sp³-hybridized carbons (Fsp3) is 0.200. The van der Waals surface area contributed by atoms with E-state index in [2.05, 4.69) is 26.5 Å². The van der Waals surface area contributed by atoms with E-state index >= 15 is 0 Å². The number of amides is 1. The minimum Gasteiger partial charge on any atom is -0.496 e. The van der Waals surface area contributed by atoms with Gasteiger partial charge in [-0.15, -0.1) is 0 Å². The second-order valence-corrected chi connectivity index (χ2v) is 8.01. The molecule has 1 N–H and O–H groups in total. The van der Waals surface area contributed by atoms with Crippen LogP contribution in [-0.4, -0.2) is 26.3 Å². The fourth-order valence-corrected chi connectivity index (χ4v) is 3.66. The van der Waals surface area contributed by atoms with Crippen molar-refractivity contribution in [2.75, 3.05) is 14.2 Å². The number of aryl methyl sites for hydroxylation is 2. The molecule has 7 heteroatoms. The third-order valence-electron chi connectivity index (χ3n) is 4.87. The molecule has 6 nitrogen and oxygen atoms in total. The van der Waals surface area contributed by atoms with Gasteiger partial charge in [0, 0.05) is 0 Å². The van der Waals surface area contributed by atoms with Crippen LogP contribution < -0.4 is 19.6 Å². The van der Waals surface area contributed by atoms with Crippen LogP contribution in [0.3, 0.4) is 0 Å². The summed E-state index contributed by atoms with van der Waals surface area (Å²) in [7, 11) is 3.11. The van der Waals surface area contributed by atoms with E-state index in [1.165, 1.54) is 13.3 Å². The average Bonchev–Trinajstić information content (AvgIpc) is 2.78. The molecule has 0 spiro atoms. The van der Waals surface area contributed by atoms with Gasteiger partial charge in [0.15, 0.2) is 11.5 Å². The predicted octanol–water partition coefficient (Wildman–Crippen LogP) is 5.43. The smallest absolute Gasteiger partial charge is 0.275 e. The van der Waals surface area contributed by atoms with Crippen molar-refractivity contribution >= 4 is 28.1 Å². The zero-order valence-corrected chi connectivity index (χ0v) is 20.0. The fourth-order valence-electron chi connectivity index (χ4n) is 3.09. The Morgan fingerprint density at radius 1 is 1.03 bits per heavy atom. The number of nitrogens with one attached hydrogen (secondary N) is 1. The lowest BCUT2D eigenvalue weighted by Crippen LogP contribution is -2.18. The molecule has 0 bridgehead atoms. The van der Waals surface area contributed by atoms with Crippen molar-refractivity contribution in [2.45, 2.75) is 20.5 Å². The molecule has 1 amide bonds. The lowest BCUT2D eigenvalue weighted by atomic mass is 10.1. The second kappa shape index (κ2) is 10.8. The zero-order chi connectivity index (χ0) is 23.1. The highest BCUT2D eigenvalue weighted by Crippen LogP contribution is 2.37. The van der Waals surface area contributed by atoms with Gasteiger partial charge in [0.2, 0.25) is 0 Å². The Bertz CT molecular complexity index is 1140. The molecule has 32 heavy (non-hydrogen) atoms. The standard InChI is InChI=1S/C25H25BrN2O4/c1-16-9-10-20(22(11-16)30-3)25(29)28-27-14-18-12-21(26)24(23(13-18)31-4)32-15-19-8-6-5-7-17(19)2/h5-14H,15H2,1-4H3,(H,28,29)/b27-14-. The van der Waals surface area contributed by atoms with Crippen molar-refractivity contribution in [1.29, 1.82) is 0 Å². The first kappa shape index (κ1) is 23.3. The van der Waals surface area contributed by atoms with Gasteiger partial charge in [-0.05, 0) is 76.3 Å². The largest absolute Gasteiger partial charge is 0.496 e. The van der Waals surface area contributed by atoms with Gasteiger partial charge in [-0.3, -0.25) is 4.79 Å². The average molecular weight is 497 g/mol. The maximum absolute atomic E-state index is 12.5. The number of hydrogen-bond donors (Lipinski definition) is 1. The number of benzene rings is 3. The maximum Gasteiger partial charge on any atom is 0.275 e. The summed E-state index contributed by atoms with van der Waals surface area (Å²) in [6.07, 6.45) is 1.54. The van der Waals surface area contributed by atoms with Crippen LogP contribution in [0.5, 0.6) is 17.2 Å². The molecule has 0 saturated heterocycles. The zero-order valence-electron chi connectivity index (χ0n) is 18.4. The number of hydrazone groups is 1. The van der Waals surface area contributed by atoms with E-state index < -0.39 is 0 Å². The SMILES string of the molecule is COc1cc(C)ccc1C(=O)N/N=C\c1cc(Br)c(OCc2ccccc2C)c(OC)c1. The van der Waals surface area contributed by atoms with Gasteiger partial charge >= 0.3 is 0 Å². The van der Waals surface area contributed by atoms with E-state index in [9.17, 15) is 4.79 Å². The highest BCUT2D eigenvalue weighted by atomic mass is 79.9. The van der Waals surface area contributed by atoms with E-state index in [4.69, 9.17) is 14.2 Å². The van der Waals surface area contributed by atoms with Crippen LogP contribution in [-0.2, 0) is 6.61 Å². The van der Waals surface area contributed by atoms with Crippen molar-refractivity contribution in [3.8, 4) is 17.2 Å². The minimum atomic E-state index is -0.359. The van der Waals surface area contributed by atoms with Crippen LogP contribution in [0.1, 0.15) is 32.6 Å². The van der Waals surface area contributed by atoms with Gasteiger partial charge < -0.3 is 14.2 Å². The van der Waals surface area contributed by atoms with Crippen molar-refractivity contribution in [3.05, 3.63) is 86.9 Å². The molecule has 3 aromatic rings. The van der Waals surface area contributed by atoms with Crippen LogP contribution in [0, 0.1) is 13.8 Å². The molecule has 0 saturated carbocycles. The highest BCUT2D eigenvalue weighted by Gasteiger charge is 2.13. The summed E-state index contributed by atoms with van der Waals surface area (Å²) in [5.41, 5.74) is 6.93. The molecular formula is C25H25BrN2O4. The molecule has 0 heterocycles. The monoisotopic (exact) mass is 496 g/mol.